The minimum absolute atomic E-state index is 0.254. The summed E-state index contributed by atoms with van der Waals surface area (Å²) in [7, 11) is 1.64. The highest BCUT2D eigenvalue weighted by Gasteiger charge is 2.19. The van der Waals surface area contributed by atoms with Gasteiger partial charge in [0.1, 0.15) is 5.82 Å². The van der Waals surface area contributed by atoms with E-state index in [0.29, 0.717) is 4.47 Å². The Morgan fingerprint density at radius 3 is 2.46 bits per heavy atom. The molecule has 1 aromatic carbocycles. The maximum Gasteiger partial charge on any atom is 0.137 e. The Balaban J connectivity index is 3.10. The molecule has 13 heavy (non-hydrogen) atoms. The van der Waals surface area contributed by atoms with Crippen molar-refractivity contribution in [3.63, 3.8) is 0 Å². The molecule has 1 rings (SSSR count). The Hall–Kier alpha value is -0.410. The molecule has 0 atom stereocenters. The molecule has 0 saturated heterocycles. The fraction of sp³-hybridized carbons (Fsp3) is 0.400. The van der Waals surface area contributed by atoms with Crippen LogP contribution >= 0.6 is 15.9 Å². The first-order valence-corrected chi connectivity index (χ1v) is 4.77. The topological polar surface area (TPSA) is 9.23 Å². The number of halogens is 2. The zero-order valence-corrected chi connectivity index (χ0v) is 9.48. The highest BCUT2D eigenvalue weighted by atomic mass is 79.9. The molecular formula is C10H12BrFO. The number of ether oxygens (including phenoxy) is 1. The standard InChI is InChI=1S/C10H12BrFO/c1-10(2,13-3)7-4-5-9(12)8(11)6-7/h4-6H,1-3H3. The molecule has 1 nitrogen and oxygen atoms in total. The molecule has 0 aliphatic rings. The average Bonchev–Trinajstić information content (AvgIpc) is 2.09. The predicted octanol–water partition coefficient (Wildman–Crippen LogP) is 3.47. The summed E-state index contributed by atoms with van der Waals surface area (Å²) in [6, 6.07) is 4.89. The van der Waals surface area contributed by atoms with Crippen molar-refractivity contribution in [2.45, 2.75) is 19.4 Å². The van der Waals surface area contributed by atoms with Gasteiger partial charge in [-0.15, -0.1) is 0 Å². The summed E-state index contributed by atoms with van der Waals surface area (Å²) in [5, 5.41) is 0. The monoisotopic (exact) mass is 246 g/mol. The summed E-state index contributed by atoms with van der Waals surface area (Å²) in [5.41, 5.74) is 0.569. The minimum Gasteiger partial charge on any atom is -0.374 e. The van der Waals surface area contributed by atoms with Gasteiger partial charge in [-0.05, 0) is 47.5 Å². The average molecular weight is 247 g/mol. The first kappa shape index (κ1) is 10.7. The lowest BCUT2D eigenvalue weighted by atomic mass is 9.98. The first-order chi connectivity index (χ1) is 5.97. The Morgan fingerprint density at radius 1 is 1.38 bits per heavy atom. The first-order valence-electron chi connectivity index (χ1n) is 3.98. The van der Waals surface area contributed by atoms with Crippen molar-refractivity contribution in [1.82, 2.24) is 0 Å². The molecule has 0 aromatic heterocycles. The van der Waals surface area contributed by atoms with Gasteiger partial charge in [-0.1, -0.05) is 6.07 Å². The van der Waals surface area contributed by atoms with Crippen LogP contribution in [0, 0.1) is 5.82 Å². The molecule has 0 spiro atoms. The van der Waals surface area contributed by atoms with Crippen molar-refractivity contribution in [3.05, 3.63) is 34.1 Å². The van der Waals surface area contributed by atoms with E-state index in [-0.39, 0.29) is 11.4 Å². The molecule has 0 N–H and O–H groups in total. The SMILES string of the molecule is COC(C)(C)c1ccc(F)c(Br)c1. The van der Waals surface area contributed by atoms with Crippen LogP contribution in [-0.4, -0.2) is 7.11 Å². The summed E-state index contributed by atoms with van der Waals surface area (Å²) in [4.78, 5) is 0. The summed E-state index contributed by atoms with van der Waals surface area (Å²) in [6.45, 7) is 3.87. The fourth-order valence-corrected chi connectivity index (χ4v) is 1.37. The molecule has 0 bridgehead atoms. The zero-order chi connectivity index (χ0) is 10.1. The third-order valence-corrected chi connectivity index (χ3v) is 2.73. The highest BCUT2D eigenvalue weighted by Crippen LogP contribution is 2.27. The molecule has 0 amide bonds. The van der Waals surface area contributed by atoms with Crippen molar-refractivity contribution >= 4 is 15.9 Å². The van der Waals surface area contributed by atoms with Crippen molar-refractivity contribution in [3.8, 4) is 0 Å². The second kappa shape index (κ2) is 3.76. The number of rotatable bonds is 2. The molecule has 1 aromatic rings. The molecule has 3 heteroatoms. The van der Waals surface area contributed by atoms with Crippen LogP contribution in [0.3, 0.4) is 0 Å². The second-order valence-corrected chi connectivity index (χ2v) is 4.20. The van der Waals surface area contributed by atoms with Gasteiger partial charge < -0.3 is 4.74 Å². The maximum absolute atomic E-state index is 12.9. The lowest BCUT2D eigenvalue weighted by molar-refractivity contribution is 0.0191. The van der Waals surface area contributed by atoms with Crippen LogP contribution in [0.4, 0.5) is 4.39 Å². The van der Waals surface area contributed by atoms with Crippen LogP contribution in [0.25, 0.3) is 0 Å². The number of hydrogen-bond acceptors (Lipinski definition) is 1. The number of methoxy groups -OCH3 is 1. The van der Waals surface area contributed by atoms with E-state index in [0.717, 1.165) is 5.56 Å². The van der Waals surface area contributed by atoms with Crippen LogP contribution in [0.2, 0.25) is 0 Å². The van der Waals surface area contributed by atoms with Crippen molar-refractivity contribution < 1.29 is 9.13 Å². The van der Waals surface area contributed by atoms with E-state index in [1.807, 2.05) is 13.8 Å². The quantitative estimate of drug-likeness (QED) is 0.777. The van der Waals surface area contributed by atoms with E-state index in [4.69, 9.17) is 4.74 Å². The summed E-state index contributed by atoms with van der Waals surface area (Å²) in [5.74, 6) is -0.254. The van der Waals surface area contributed by atoms with Crippen LogP contribution in [0.1, 0.15) is 19.4 Å². The molecule has 0 heterocycles. The maximum atomic E-state index is 12.9. The predicted molar refractivity (Wildman–Crippen MR) is 54.1 cm³/mol. The third kappa shape index (κ3) is 2.29. The summed E-state index contributed by atoms with van der Waals surface area (Å²) < 4.78 is 18.6. The van der Waals surface area contributed by atoms with Crippen LogP contribution in [0.15, 0.2) is 22.7 Å². The Bertz CT molecular complexity index is 310. The van der Waals surface area contributed by atoms with Crippen molar-refractivity contribution in [1.29, 1.82) is 0 Å². The van der Waals surface area contributed by atoms with Gasteiger partial charge in [0.15, 0.2) is 0 Å². The van der Waals surface area contributed by atoms with Gasteiger partial charge in [0.05, 0.1) is 10.1 Å². The second-order valence-electron chi connectivity index (χ2n) is 3.34. The smallest absolute Gasteiger partial charge is 0.137 e. The molecule has 72 valence electrons. The lowest BCUT2D eigenvalue weighted by Crippen LogP contribution is -2.19. The minimum atomic E-state index is -0.379. The van der Waals surface area contributed by atoms with E-state index < -0.39 is 0 Å². The molecule has 0 saturated carbocycles. The number of benzene rings is 1. The fourth-order valence-electron chi connectivity index (χ4n) is 0.988. The van der Waals surface area contributed by atoms with Gasteiger partial charge in [-0.3, -0.25) is 0 Å². The lowest BCUT2D eigenvalue weighted by Gasteiger charge is -2.23. The van der Waals surface area contributed by atoms with Crippen LogP contribution < -0.4 is 0 Å². The summed E-state index contributed by atoms with van der Waals surface area (Å²) in [6.07, 6.45) is 0. The van der Waals surface area contributed by atoms with E-state index in [1.165, 1.54) is 6.07 Å². The van der Waals surface area contributed by atoms with Gasteiger partial charge in [0.2, 0.25) is 0 Å². The molecule has 0 aliphatic carbocycles. The highest BCUT2D eigenvalue weighted by molar-refractivity contribution is 9.10. The zero-order valence-electron chi connectivity index (χ0n) is 7.90. The number of hydrogen-bond donors (Lipinski definition) is 0. The van der Waals surface area contributed by atoms with Gasteiger partial charge in [0.25, 0.3) is 0 Å². The Morgan fingerprint density at radius 2 is 2.00 bits per heavy atom. The van der Waals surface area contributed by atoms with Crippen LogP contribution in [-0.2, 0) is 10.3 Å². The van der Waals surface area contributed by atoms with Gasteiger partial charge in [-0.2, -0.15) is 0 Å². The van der Waals surface area contributed by atoms with E-state index >= 15 is 0 Å². The molecule has 0 fully saturated rings. The Labute approximate surface area is 86.0 Å². The molecule has 0 unspecified atom stereocenters. The van der Waals surface area contributed by atoms with E-state index in [9.17, 15) is 4.39 Å². The van der Waals surface area contributed by atoms with Gasteiger partial charge in [0, 0.05) is 7.11 Å². The van der Waals surface area contributed by atoms with Crippen molar-refractivity contribution in [2.75, 3.05) is 7.11 Å². The van der Waals surface area contributed by atoms with Crippen molar-refractivity contribution in [2.24, 2.45) is 0 Å². The third-order valence-electron chi connectivity index (χ3n) is 2.13. The van der Waals surface area contributed by atoms with E-state index in [2.05, 4.69) is 15.9 Å². The van der Waals surface area contributed by atoms with Gasteiger partial charge >= 0.3 is 0 Å². The van der Waals surface area contributed by atoms with Crippen LogP contribution in [0.5, 0.6) is 0 Å². The largest absolute Gasteiger partial charge is 0.374 e. The van der Waals surface area contributed by atoms with Gasteiger partial charge in [-0.25, -0.2) is 4.39 Å². The molecular weight excluding hydrogens is 235 g/mol. The normalized spacial score (nSPS) is 11.8. The summed E-state index contributed by atoms with van der Waals surface area (Å²) >= 11 is 3.14. The Kier molecular flexibility index (Phi) is 3.09. The van der Waals surface area contributed by atoms with E-state index in [1.54, 1.807) is 19.2 Å². The molecule has 0 radical (unpaired) electrons. The molecule has 0 aliphatic heterocycles.